The smallest absolute Gasteiger partial charge is 0.240 e. The molecule has 0 bridgehead atoms. The third-order valence-electron chi connectivity index (χ3n) is 5.56. The van der Waals surface area contributed by atoms with E-state index in [0.717, 1.165) is 31.8 Å². The molecule has 2 heterocycles. The Balaban J connectivity index is 1.65. The Morgan fingerprint density at radius 1 is 1.00 bits per heavy atom. The average Bonchev–Trinajstić information content (AvgIpc) is 3.19. The van der Waals surface area contributed by atoms with E-state index in [0.29, 0.717) is 18.5 Å². The van der Waals surface area contributed by atoms with Crippen LogP contribution in [0.25, 0.3) is 0 Å². The summed E-state index contributed by atoms with van der Waals surface area (Å²) >= 11 is 0. The van der Waals surface area contributed by atoms with Gasteiger partial charge in [-0.2, -0.15) is 0 Å². The predicted molar refractivity (Wildman–Crippen MR) is 78.4 cm³/mol. The minimum atomic E-state index is 0.0455. The van der Waals surface area contributed by atoms with Gasteiger partial charge in [-0.05, 0) is 51.0 Å². The first-order valence-electron chi connectivity index (χ1n) is 8.46. The number of aliphatic hydroxyl groups excluding tert-OH is 1. The zero-order chi connectivity index (χ0) is 13.9. The van der Waals surface area contributed by atoms with Gasteiger partial charge in [0.1, 0.15) is 0 Å². The van der Waals surface area contributed by atoms with E-state index < -0.39 is 0 Å². The lowest BCUT2D eigenvalue weighted by Gasteiger charge is -2.34. The van der Waals surface area contributed by atoms with Gasteiger partial charge in [-0.3, -0.25) is 9.69 Å². The van der Waals surface area contributed by atoms with Crippen LogP contribution < -0.4 is 0 Å². The first-order valence-corrected chi connectivity index (χ1v) is 8.46. The largest absolute Gasteiger partial charge is 0.395 e. The summed E-state index contributed by atoms with van der Waals surface area (Å²) in [5, 5.41) is 9.15. The van der Waals surface area contributed by atoms with Gasteiger partial charge in [0.25, 0.3) is 0 Å². The summed E-state index contributed by atoms with van der Waals surface area (Å²) < 4.78 is 0. The van der Waals surface area contributed by atoms with Crippen LogP contribution in [0.1, 0.15) is 51.4 Å². The highest BCUT2D eigenvalue weighted by Crippen LogP contribution is 2.36. The van der Waals surface area contributed by atoms with Gasteiger partial charge in [-0.15, -0.1) is 0 Å². The molecule has 2 aliphatic heterocycles. The van der Waals surface area contributed by atoms with Gasteiger partial charge in [-0.25, -0.2) is 0 Å². The molecule has 114 valence electrons. The Morgan fingerprint density at radius 3 is 2.50 bits per heavy atom. The van der Waals surface area contributed by atoms with Crippen molar-refractivity contribution < 1.29 is 9.90 Å². The maximum absolute atomic E-state index is 12.9. The fourth-order valence-electron chi connectivity index (χ4n) is 4.59. The maximum Gasteiger partial charge on any atom is 0.240 e. The fraction of sp³-hybridized carbons (Fsp3) is 0.938. The monoisotopic (exact) mass is 280 g/mol. The van der Waals surface area contributed by atoms with Crippen molar-refractivity contribution in [2.45, 2.75) is 63.5 Å². The van der Waals surface area contributed by atoms with Gasteiger partial charge < -0.3 is 10.0 Å². The number of carbonyl (C=O) groups is 1. The number of likely N-dealkylation sites (tertiary alicyclic amines) is 2. The Hall–Kier alpha value is -0.610. The van der Waals surface area contributed by atoms with Gasteiger partial charge in [0.2, 0.25) is 5.91 Å². The Labute approximate surface area is 122 Å². The van der Waals surface area contributed by atoms with Crippen LogP contribution >= 0.6 is 0 Å². The molecular weight excluding hydrogens is 252 g/mol. The first-order chi connectivity index (χ1) is 9.81. The molecule has 0 aromatic rings. The Bertz CT molecular complexity index is 341. The van der Waals surface area contributed by atoms with Crippen molar-refractivity contribution in [1.82, 2.24) is 9.80 Å². The van der Waals surface area contributed by atoms with Crippen LogP contribution in [0.2, 0.25) is 0 Å². The van der Waals surface area contributed by atoms with E-state index >= 15 is 0 Å². The quantitative estimate of drug-likeness (QED) is 0.851. The summed E-state index contributed by atoms with van der Waals surface area (Å²) in [5.74, 6) is 1.11. The second-order valence-electron chi connectivity index (χ2n) is 6.70. The molecule has 0 spiro atoms. The average molecular weight is 280 g/mol. The van der Waals surface area contributed by atoms with E-state index in [1.54, 1.807) is 0 Å². The lowest BCUT2D eigenvalue weighted by molar-refractivity contribution is -0.137. The zero-order valence-corrected chi connectivity index (χ0v) is 12.5. The number of hydrogen-bond donors (Lipinski definition) is 1. The first kappa shape index (κ1) is 14.3. The summed E-state index contributed by atoms with van der Waals surface area (Å²) in [6.07, 6.45) is 9.80. The highest BCUT2D eigenvalue weighted by molar-refractivity contribution is 5.82. The molecular formula is C16H28N2O2. The lowest BCUT2D eigenvalue weighted by atomic mass is 9.95. The van der Waals surface area contributed by atoms with Crippen LogP contribution in [-0.4, -0.2) is 59.1 Å². The number of carbonyl (C=O) groups excluding carboxylic acids is 1. The number of rotatable bonds is 4. The van der Waals surface area contributed by atoms with Crippen molar-refractivity contribution >= 4 is 5.91 Å². The van der Waals surface area contributed by atoms with Crippen LogP contribution in [0.3, 0.4) is 0 Å². The normalized spacial score (nSPS) is 32.4. The van der Waals surface area contributed by atoms with Crippen molar-refractivity contribution in [2.75, 3.05) is 26.2 Å². The third-order valence-corrected chi connectivity index (χ3v) is 5.56. The Morgan fingerprint density at radius 2 is 1.75 bits per heavy atom. The van der Waals surface area contributed by atoms with Gasteiger partial charge in [0, 0.05) is 19.1 Å². The fourth-order valence-corrected chi connectivity index (χ4v) is 4.59. The van der Waals surface area contributed by atoms with E-state index in [1.165, 1.54) is 38.5 Å². The zero-order valence-electron chi connectivity index (χ0n) is 12.5. The van der Waals surface area contributed by atoms with E-state index in [4.69, 9.17) is 5.11 Å². The molecule has 1 saturated carbocycles. The van der Waals surface area contributed by atoms with Crippen molar-refractivity contribution in [3.05, 3.63) is 0 Å². The summed E-state index contributed by atoms with van der Waals surface area (Å²) in [7, 11) is 0. The highest BCUT2D eigenvalue weighted by atomic mass is 16.3. The van der Waals surface area contributed by atoms with Gasteiger partial charge in [-0.1, -0.05) is 12.8 Å². The topological polar surface area (TPSA) is 43.8 Å². The molecule has 2 atom stereocenters. The molecule has 3 rings (SSSR count). The number of aliphatic hydroxyl groups is 1. The minimum absolute atomic E-state index is 0.0455. The van der Waals surface area contributed by atoms with E-state index in [2.05, 4.69) is 9.80 Å². The Kier molecular flexibility index (Phi) is 4.61. The van der Waals surface area contributed by atoms with Gasteiger partial charge >= 0.3 is 0 Å². The van der Waals surface area contributed by atoms with E-state index in [1.807, 2.05) is 0 Å². The maximum atomic E-state index is 12.9. The van der Waals surface area contributed by atoms with E-state index in [-0.39, 0.29) is 12.6 Å². The number of hydrogen-bond acceptors (Lipinski definition) is 3. The van der Waals surface area contributed by atoms with Crippen LogP contribution in [0, 0.1) is 5.92 Å². The second kappa shape index (κ2) is 6.44. The van der Waals surface area contributed by atoms with Gasteiger partial charge in [0.05, 0.1) is 12.6 Å². The second-order valence-corrected chi connectivity index (χ2v) is 6.70. The van der Waals surface area contributed by atoms with Crippen LogP contribution in [0.5, 0.6) is 0 Å². The predicted octanol–water partition coefficient (Wildman–Crippen LogP) is 1.62. The molecule has 0 aromatic carbocycles. The molecule has 1 unspecified atom stereocenters. The molecule has 20 heavy (non-hydrogen) atoms. The highest BCUT2D eigenvalue weighted by Gasteiger charge is 2.40. The van der Waals surface area contributed by atoms with Gasteiger partial charge in [0.15, 0.2) is 0 Å². The molecule has 1 N–H and O–H groups in total. The summed E-state index contributed by atoms with van der Waals surface area (Å²) in [6, 6.07) is 0.561. The summed E-state index contributed by atoms with van der Waals surface area (Å²) in [5.41, 5.74) is 0. The van der Waals surface area contributed by atoms with Crippen LogP contribution in [0.15, 0.2) is 0 Å². The van der Waals surface area contributed by atoms with Crippen LogP contribution in [-0.2, 0) is 4.79 Å². The molecule has 3 fully saturated rings. The standard InChI is InChI=1S/C16H28N2O2/c19-12-11-17-9-3-8-15(17)16(20)18-10-4-7-14(18)13-5-1-2-6-13/h13-15,19H,1-12H2/t14?,15-/m0/s1. The van der Waals surface area contributed by atoms with Crippen molar-refractivity contribution in [2.24, 2.45) is 5.92 Å². The minimum Gasteiger partial charge on any atom is -0.395 e. The number of amides is 1. The number of nitrogens with zero attached hydrogens (tertiary/aromatic N) is 2. The summed E-state index contributed by atoms with van der Waals surface area (Å²) in [6.45, 7) is 2.75. The van der Waals surface area contributed by atoms with E-state index in [9.17, 15) is 4.79 Å². The van der Waals surface area contributed by atoms with Crippen molar-refractivity contribution in [3.63, 3.8) is 0 Å². The SMILES string of the molecule is O=C([C@@H]1CCCN1CCO)N1CCCC1C1CCCC1. The molecule has 0 aromatic heterocycles. The molecule has 4 nitrogen and oxygen atoms in total. The third kappa shape index (κ3) is 2.73. The van der Waals surface area contributed by atoms with Crippen molar-refractivity contribution in [3.8, 4) is 0 Å². The molecule has 0 radical (unpaired) electrons. The molecule has 2 saturated heterocycles. The summed E-state index contributed by atoms with van der Waals surface area (Å²) in [4.78, 5) is 17.3. The molecule has 3 aliphatic rings. The lowest BCUT2D eigenvalue weighted by Crippen LogP contribution is -2.49. The molecule has 1 aliphatic carbocycles. The molecule has 1 amide bonds. The van der Waals surface area contributed by atoms with Crippen molar-refractivity contribution in [1.29, 1.82) is 0 Å². The van der Waals surface area contributed by atoms with Crippen LogP contribution in [0.4, 0.5) is 0 Å². The number of β-amino-alcohol motifs (C(OH)–C–C–N with tert-alkyl or cyclic N) is 1. The molecule has 4 heteroatoms.